The third-order valence-electron chi connectivity index (χ3n) is 3.23. The lowest BCUT2D eigenvalue weighted by molar-refractivity contribution is 0.866. The summed E-state index contributed by atoms with van der Waals surface area (Å²) < 4.78 is 0. The maximum Gasteiger partial charge on any atom is 0.146 e. The fourth-order valence-corrected chi connectivity index (χ4v) is 2.00. The Morgan fingerprint density at radius 2 is 1.80 bits per heavy atom. The Balaban J connectivity index is 2.33. The van der Waals surface area contributed by atoms with Crippen LogP contribution in [0.3, 0.4) is 0 Å². The van der Waals surface area contributed by atoms with Crippen LogP contribution in [0.25, 0.3) is 0 Å². The highest BCUT2D eigenvalue weighted by molar-refractivity contribution is 5.60. The van der Waals surface area contributed by atoms with E-state index >= 15 is 0 Å². The van der Waals surface area contributed by atoms with Crippen molar-refractivity contribution in [2.24, 2.45) is 0 Å². The van der Waals surface area contributed by atoms with E-state index in [-0.39, 0.29) is 0 Å². The molecule has 1 aromatic heterocycles. The molecule has 0 unspecified atom stereocenters. The molecule has 0 spiro atoms. The summed E-state index contributed by atoms with van der Waals surface area (Å²) in [5, 5.41) is 8.98. The largest absolute Gasteiger partial charge is 0.329 e. The van der Waals surface area contributed by atoms with Gasteiger partial charge in [-0.25, -0.2) is 9.97 Å². The maximum absolute atomic E-state index is 8.98. The van der Waals surface area contributed by atoms with Crippen LogP contribution in [0.15, 0.2) is 30.3 Å². The first-order valence-electron chi connectivity index (χ1n) is 6.60. The molecule has 4 nitrogen and oxygen atoms in total. The van der Waals surface area contributed by atoms with Gasteiger partial charge in [0.15, 0.2) is 0 Å². The van der Waals surface area contributed by atoms with Crippen LogP contribution in [0.4, 0.5) is 11.5 Å². The number of hydrogen-bond acceptors (Lipinski definition) is 4. The SMILES string of the molecule is Cc1nc(C#N)cc(N(C)c2ccc(C(C)C)cc2)n1. The van der Waals surface area contributed by atoms with Gasteiger partial charge in [0.2, 0.25) is 0 Å². The number of anilines is 2. The highest BCUT2D eigenvalue weighted by atomic mass is 15.2. The molecule has 0 amide bonds. The lowest BCUT2D eigenvalue weighted by Gasteiger charge is -2.19. The van der Waals surface area contributed by atoms with E-state index in [1.54, 1.807) is 13.0 Å². The molecule has 0 bridgehead atoms. The van der Waals surface area contributed by atoms with Gasteiger partial charge in [0.1, 0.15) is 23.4 Å². The molecule has 0 saturated heterocycles. The molecule has 1 aromatic carbocycles. The molecule has 0 aliphatic carbocycles. The minimum atomic E-state index is 0.387. The van der Waals surface area contributed by atoms with Crippen LogP contribution in [-0.4, -0.2) is 17.0 Å². The van der Waals surface area contributed by atoms with Crippen molar-refractivity contribution in [3.8, 4) is 6.07 Å². The zero-order chi connectivity index (χ0) is 14.7. The van der Waals surface area contributed by atoms with Gasteiger partial charge in [0, 0.05) is 18.8 Å². The lowest BCUT2D eigenvalue weighted by atomic mass is 10.0. The standard InChI is InChI=1S/C16H18N4/c1-11(2)13-5-7-15(8-6-13)20(4)16-9-14(10-17)18-12(3)19-16/h5-9,11H,1-4H3. The molecule has 20 heavy (non-hydrogen) atoms. The van der Waals surface area contributed by atoms with Crippen LogP contribution in [-0.2, 0) is 0 Å². The third-order valence-corrected chi connectivity index (χ3v) is 3.23. The minimum Gasteiger partial charge on any atom is -0.329 e. The molecule has 0 atom stereocenters. The topological polar surface area (TPSA) is 52.8 Å². The van der Waals surface area contributed by atoms with Gasteiger partial charge in [0.25, 0.3) is 0 Å². The van der Waals surface area contributed by atoms with Crippen LogP contribution >= 0.6 is 0 Å². The molecule has 0 saturated carbocycles. The summed E-state index contributed by atoms with van der Waals surface area (Å²) >= 11 is 0. The van der Waals surface area contributed by atoms with E-state index < -0.39 is 0 Å². The van der Waals surface area contributed by atoms with Crippen LogP contribution < -0.4 is 4.90 Å². The normalized spacial score (nSPS) is 10.4. The van der Waals surface area contributed by atoms with Crippen molar-refractivity contribution in [3.05, 3.63) is 47.4 Å². The molecule has 102 valence electrons. The zero-order valence-electron chi connectivity index (χ0n) is 12.3. The molecular formula is C16H18N4. The van der Waals surface area contributed by atoms with Crippen molar-refractivity contribution < 1.29 is 0 Å². The minimum absolute atomic E-state index is 0.387. The van der Waals surface area contributed by atoms with Crippen molar-refractivity contribution in [2.75, 3.05) is 11.9 Å². The highest BCUT2D eigenvalue weighted by Crippen LogP contribution is 2.24. The number of hydrogen-bond donors (Lipinski definition) is 0. The van der Waals surface area contributed by atoms with Gasteiger partial charge in [-0.05, 0) is 30.5 Å². The fourth-order valence-electron chi connectivity index (χ4n) is 2.00. The van der Waals surface area contributed by atoms with Crippen molar-refractivity contribution in [1.29, 1.82) is 5.26 Å². The smallest absolute Gasteiger partial charge is 0.146 e. The molecule has 0 radical (unpaired) electrons. The molecule has 1 heterocycles. The van der Waals surface area contributed by atoms with Gasteiger partial charge in [0.05, 0.1) is 0 Å². The Kier molecular flexibility index (Phi) is 3.99. The summed E-state index contributed by atoms with van der Waals surface area (Å²) in [6.07, 6.45) is 0. The van der Waals surface area contributed by atoms with Crippen molar-refractivity contribution in [1.82, 2.24) is 9.97 Å². The summed E-state index contributed by atoms with van der Waals surface area (Å²) in [5.41, 5.74) is 2.73. The second-order valence-electron chi connectivity index (χ2n) is 5.08. The Labute approximate surface area is 119 Å². The number of aryl methyl sites for hydroxylation is 1. The first kappa shape index (κ1) is 14.0. The predicted octanol–water partition coefficient (Wildman–Crippen LogP) is 3.55. The summed E-state index contributed by atoms with van der Waals surface area (Å²) in [4.78, 5) is 10.4. The molecule has 4 heteroatoms. The highest BCUT2D eigenvalue weighted by Gasteiger charge is 2.09. The molecular weight excluding hydrogens is 248 g/mol. The van der Waals surface area contributed by atoms with E-state index in [9.17, 15) is 0 Å². The predicted molar refractivity (Wildman–Crippen MR) is 80.1 cm³/mol. The molecule has 0 aliphatic heterocycles. The number of benzene rings is 1. The number of aromatic nitrogens is 2. The molecule has 0 aliphatic rings. The van der Waals surface area contributed by atoms with Crippen LogP contribution in [0.5, 0.6) is 0 Å². The molecule has 0 fully saturated rings. The van der Waals surface area contributed by atoms with Crippen LogP contribution in [0.1, 0.15) is 36.8 Å². The third kappa shape index (κ3) is 2.94. The van der Waals surface area contributed by atoms with E-state index in [1.165, 1.54) is 5.56 Å². The Bertz CT molecular complexity index is 639. The number of nitriles is 1. The van der Waals surface area contributed by atoms with E-state index in [4.69, 9.17) is 5.26 Å². The number of nitrogens with zero attached hydrogens (tertiary/aromatic N) is 4. The van der Waals surface area contributed by atoms with Gasteiger partial charge in [-0.3, -0.25) is 0 Å². The summed E-state index contributed by atoms with van der Waals surface area (Å²) in [6.45, 7) is 6.14. The Hall–Kier alpha value is -2.41. The van der Waals surface area contributed by atoms with Crippen LogP contribution in [0.2, 0.25) is 0 Å². The van der Waals surface area contributed by atoms with E-state index in [0.29, 0.717) is 17.4 Å². The molecule has 2 rings (SSSR count). The average Bonchev–Trinajstić information content (AvgIpc) is 2.45. The van der Waals surface area contributed by atoms with Crippen molar-refractivity contribution >= 4 is 11.5 Å². The summed E-state index contributed by atoms with van der Waals surface area (Å²) in [7, 11) is 1.94. The second-order valence-corrected chi connectivity index (χ2v) is 5.08. The maximum atomic E-state index is 8.98. The lowest BCUT2D eigenvalue weighted by Crippen LogP contribution is -2.12. The van der Waals surface area contributed by atoms with Gasteiger partial charge >= 0.3 is 0 Å². The average molecular weight is 266 g/mol. The molecule has 2 aromatic rings. The fraction of sp³-hybridized carbons (Fsp3) is 0.312. The first-order valence-corrected chi connectivity index (χ1v) is 6.60. The monoisotopic (exact) mass is 266 g/mol. The first-order chi connectivity index (χ1) is 9.51. The molecule has 0 N–H and O–H groups in total. The van der Waals surface area contributed by atoms with Gasteiger partial charge in [-0.2, -0.15) is 5.26 Å². The summed E-state index contributed by atoms with van der Waals surface area (Å²) in [5.74, 6) is 1.84. The van der Waals surface area contributed by atoms with E-state index in [0.717, 1.165) is 11.5 Å². The zero-order valence-corrected chi connectivity index (χ0v) is 12.3. The van der Waals surface area contributed by atoms with Gasteiger partial charge in [-0.15, -0.1) is 0 Å². The van der Waals surface area contributed by atoms with E-state index in [2.05, 4.69) is 54.2 Å². The summed E-state index contributed by atoms with van der Waals surface area (Å²) in [6, 6.07) is 12.1. The van der Waals surface area contributed by atoms with Crippen molar-refractivity contribution in [2.45, 2.75) is 26.7 Å². The Morgan fingerprint density at radius 1 is 1.15 bits per heavy atom. The Morgan fingerprint density at radius 3 is 2.35 bits per heavy atom. The van der Waals surface area contributed by atoms with Crippen molar-refractivity contribution in [3.63, 3.8) is 0 Å². The quantitative estimate of drug-likeness (QED) is 0.852. The number of rotatable bonds is 3. The second kappa shape index (κ2) is 5.70. The van der Waals surface area contributed by atoms with Crippen LogP contribution in [0, 0.1) is 18.3 Å². The van der Waals surface area contributed by atoms with E-state index in [1.807, 2.05) is 11.9 Å². The van der Waals surface area contributed by atoms with Gasteiger partial charge < -0.3 is 4.90 Å². The van der Waals surface area contributed by atoms with Gasteiger partial charge in [-0.1, -0.05) is 26.0 Å².